The van der Waals surface area contributed by atoms with Crippen LogP contribution in [0.25, 0.3) is 11.0 Å². The molecule has 2 heterocycles. The third-order valence-corrected chi connectivity index (χ3v) is 6.13. The second kappa shape index (κ2) is 7.98. The van der Waals surface area contributed by atoms with E-state index in [1.807, 2.05) is 12.1 Å². The van der Waals surface area contributed by atoms with Crippen LogP contribution in [0.15, 0.2) is 18.2 Å². The Morgan fingerprint density at radius 2 is 2.04 bits per heavy atom. The van der Waals surface area contributed by atoms with E-state index in [0.717, 1.165) is 75.3 Å². The van der Waals surface area contributed by atoms with Crippen LogP contribution in [0, 0.1) is 6.92 Å². The topological polar surface area (TPSA) is 70.2 Å². The number of para-hydroxylation sites is 1. The van der Waals surface area contributed by atoms with E-state index in [4.69, 9.17) is 9.72 Å². The quantitative estimate of drug-likeness (QED) is 0.849. The van der Waals surface area contributed by atoms with E-state index in [9.17, 15) is 4.79 Å². The summed E-state index contributed by atoms with van der Waals surface area (Å²) in [6.45, 7) is 5.86. The molecule has 0 spiro atoms. The Morgan fingerprint density at radius 3 is 2.78 bits per heavy atom. The summed E-state index contributed by atoms with van der Waals surface area (Å²) in [5.41, 5.74) is 2.92. The molecular formula is C21H30N4O2. The summed E-state index contributed by atoms with van der Waals surface area (Å²) in [5, 5.41) is 3.22. The summed E-state index contributed by atoms with van der Waals surface area (Å²) in [7, 11) is 0. The van der Waals surface area contributed by atoms with Crippen molar-refractivity contribution in [2.45, 2.75) is 51.0 Å². The van der Waals surface area contributed by atoms with E-state index in [2.05, 4.69) is 28.2 Å². The maximum absolute atomic E-state index is 13.2. The number of nitrogens with one attached hydrogen (secondary N) is 2. The average molecular weight is 370 g/mol. The van der Waals surface area contributed by atoms with Gasteiger partial charge in [0, 0.05) is 26.1 Å². The first-order chi connectivity index (χ1) is 13.2. The number of nitrogens with zero attached hydrogens (tertiary/aromatic N) is 2. The molecule has 2 aromatic rings. The average Bonchev–Trinajstić information content (AvgIpc) is 3.13. The predicted molar refractivity (Wildman–Crippen MR) is 106 cm³/mol. The third-order valence-electron chi connectivity index (χ3n) is 6.13. The van der Waals surface area contributed by atoms with Gasteiger partial charge >= 0.3 is 0 Å². The minimum absolute atomic E-state index is 0.191. The lowest BCUT2D eigenvalue weighted by atomic mass is 9.79. The van der Waals surface area contributed by atoms with Crippen LogP contribution in [0.3, 0.4) is 0 Å². The van der Waals surface area contributed by atoms with Gasteiger partial charge < -0.3 is 15.0 Å². The Bertz CT molecular complexity index is 789. The van der Waals surface area contributed by atoms with E-state index in [0.29, 0.717) is 6.54 Å². The predicted octanol–water partition coefficient (Wildman–Crippen LogP) is 2.57. The molecule has 0 unspecified atom stereocenters. The van der Waals surface area contributed by atoms with Crippen LogP contribution < -0.4 is 5.32 Å². The molecule has 146 valence electrons. The van der Waals surface area contributed by atoms with Crippen molar-refractivity contribution in [1.29, 1.82) is 0 Å². The first-order valence-electron chi connectivity index (χ1n) is 10.2. The van der Waals surface area contributed by atoms with Gasteiger partial charge in [-0.3, -0.25) is 9.69 Å². The summed E-state index contributed by atoms with van der Waals surface area (Å²) in [4.78, 5) is 23.7. The lowest BCUT2D eigenvalue weighted by Gasteiger charge is -2.46. The normalized spacial score (nSPS) is 20.6. The van der Waals surface area contributed by atoms with Gasteiger partial charge in [-0.1, -0.05) is 31.4 Å². The van der Waals surface area contributed by atoms with Crippen molar-refractivity contribution in [3.8, 4) is 0 Å². The molecule has 6 nitrogen and oxygen atoms in total. The van der Waals surface area contributed by atoms with Gasteiger partial charge in [0.1, 0.15) is 11.4 Å². The van der Waals surface area contributed by atoms with Gasteiger partial charge in [-0.05, 0) is 31.4 Å². The van der Waals surface area contributed by atoms with Crippen molar-refractivity contribution in [3.63, 3.8) is 0 Å². The lowest BCUT2D eigenvalue weighted by molar-refractivity contribution is -0.140. The number of aromatic amines is 1. The van der Waals surface area contributed by atoms with Gasteiger partial charge in [0.25, 0.3) is 0 Å². The number of H-pyrrole nitrogens is 1. The molecule has 1 amide bonds. The molecular weight excluding hydrogens is 340 g/mol. The minimum atomic E-state index is -0.341. The first kappa shape index (κ1) is 18.4. The van der Waals surface area contributed by atoms with E-state index in [1.54, 1.807) is 0 Å². The number of carbonyl (C=O) groups excluding carboxylic acids is 1. The summed E-state index contributed by atoms with van der Waals surface area (Å²) in [6.07, 6.45) is 6.14. The standard InChI is InChI=1S/C21H30N4O2/c1-16-6-5-7-17-19(16)24-18(23-17)8-11-22-20(26)21(9-3-2-4-10-21)25-12-14-27-15-13-25/h5-7H,2-4,8-15H2,1H3,(H,22,26)(H,23,24). The molecule has 1 aliphatic carbocycles. The Labute approximate surface area is 160 Å². The SMILES string of the molecule is Cc1cccc2[nH]c(CCNC(=O)C3(N4CCOCC4)CCCCC3)nc12. The van der Waals surface area contributed by atoms with Crippen LogP contribution in [-0.4, -0.2) is 59.2 Å². The van der Waals surface area contributed by atoms with E-state index in [1.165, 1.54) is 12.0 Å². The van der Waals surface area contributed by atoms with Crippen LogP contribution in [0.5, 0.6) is 0 Å². The highest BCUT2D eigenvalue weighted by Crippen LogP contribution is 2.34. The smallest absolute Gasteiger partial charge is 0.240 e. The molecule has 1 saturated carbocycles. The van der Waals surface area contributed by atoms with E-state index >= 15 is 0 Å². The number of aromatic nitrogens is 2. The molecule has 2 aliphatic rings. The molecule has 27 heavy (non-hydrogen) atoms. The van der Waals surface area contributed by atoms with E-state index in [-0.39, 0.29) is 11.4 Å². The van der Waals surface area contributed by atoms with Crippen molar-refractivity contribution in [2.75, 3.05) is 32.8 Å². The zero-order chi connectivity index (χ0) is 18.7. The van der Waals surface area contributed by atoms with Crippen molar-refractivity contribution in [3.05, 3.63) is 29.6 Å². The van der Waals surface area contributed by atoms with Crippen LogP contribution in [0.2, 0.25) is 0 Å². The molecule has 1 aliphatic heterocycles. The molecule has 0 bridgehead atoms. The summed E-state index contributed by atoms with van der Waals surface area (Å²) in [6, 6.07) is 6.16. The number of aryl methyl sites for hydroxylation is 1. The Kier molecular flexibility index (Phi) is 5.45. The fourth-order valence-corrected chi connectivity index (χ4v) is 4.62. The van der Waals surface area contributed by atoms with Gasteiger partial charge in [-0.25, -0.2) is 4.98 Å². The molecule has 2 fully saturated rings. The summed E-state index contributed by atoms with van der Waals surface area (Å²) < 4.78 is 5.51. The van der Waals surface area contributed by atoms with Crippen molar-refractivity contribution < 1.29 is 9.53 Å². The minimum Gasteiger partial charge on any atom is -0.379 e. The Balaban J connectivity index is 1.40. The molecule has 1 aromatic carbocycles. The second-order valence-electron chi connectivity index (χ2n) is 7.85. The Morgan fingerprint density at radius 1 is 1.26 bits per heavy atom. The van der Waals surface area contributed by atoms with Crippen LogP contribution in [-0.2, 0) is 16.0 Å². The monoisotopic (exact) mass is 370 g/mol. The van der Waals surface area contributed by atoms with Crippen LogP contribution >= 0.6 is 0 Å². The number of benzene rings is 1. The molecule has 6 heteroatoms. The maximum Gasteiger partial charge on any atom is 0.240 e. The molecule has 0 atom stereocenters. The number of ether oxygens (including phenoxy) is 1. The van der Waals surface area contributed by atoms with Gasteiger partial charge in [-0.15, -0.1) is 0 Å². The van der Waals surface area contributed by atoms with E-state index < -0.39 is 0 Å². The number of hydrogen-bond acceptors (Lipinski definition) is 4. The molecule has 1 saturated heterocycles. The van der Waals surface area contributed by atoms with Gasteiger partial charge in [0.05, 0.1) is 24.2 Å². The number of fused-ring (bicyclic) bond motifs is 1. The second-order valence-corrected chi connectivity index (χ2v) is 7.85. The number of morpholine rings is 1. The molecule has 1 aromatic heterocycles. The lowest BCUT2D eigenvalue weighted by Crippen LogP contribution is -2.62. The van der Waals surface area contributed by atoms with Crippen LogP contribution in [0.4, 0.5) is 0 Å². The van der Waals surface area contributed by atoms with Gasteiger partial charge in [0.2, 0.25) is 5.91 Å². The highest BCUT2D eigenvalue weighted by molar-refractivity contribution is 5.86. The number of rotatable bonds is 5. The highest BCUT2D eigenvalue weighted by Gasteiger charge is 2.44. The molecule has 0 radical (unpaired) electrons. The van der Waals surface area contributed by atoms with Crippen molar-refractivity contribution >= 4 is 16.9 Å². The third kappa shape index (κ3) is 3.73. The summed E-state index contributed by atoms with van der Waals surface area (Å²) >= 11 is 0. The zero-order valence-corrected chi connectivity index (χ0v) is 16.2. The van der Waals surface area contributed by atoms with Crippen LogP contribution in [0.1, 0.15) is 43.5 Å². The highest BCUT2D eigenvalue weighted by atomic mass is 16.5. The zero-order valence-electron chi connectivity index (χ0n) is 16.2. The maximum atomic E-state index is 13.2. The largest absolute Gasteiger partial charge is 0.379 e. The fourth-order valence-electron chi connectivity index (χ4n) is 4.62. The number of imidazole rings is 1. The number of hydrogen-bond donors (Lipinski definition) is 2. The molecule has 4 rings (SSSR count). The fraction of sp³-hybridized carbons (Fsp3) is 0.619. The number of carbonyl (C=O) groups is 1. The summed E-state index contributed by atoms with van der Waals surface area (Å²) in [5.74, 6) is 1.13. The van der Waals surface area contributed by atoms with Gasteiger partial charge in [-0.2, -0.15) is 0 Å². The van der Waals surface area contributed by atoms with Gasteiger partial charge in [0.15, 0.2) is 0 Å². The first-order valence-corrected chi connectivity index (χ1v) is 10.2. The van der Waals surface area contributed by atoms with Crippen molar-refractivity contribution in [1.82, 2.24) is 20.2 Å². The Hall–Kier alpha value is -1.92. The molecule has 2 N–H and O–H groups in total. The van der Waals surface area contributed by atoms with Crippen molar-refractivity contribution in [2.24, 2.45) is 0 Å². The number of amides is 1.